The zero-order chi connectivity index (χ0) is 13.1. The third-order valence-electron chi connectivity index (χ3n) is 3.96. The molecule has 2 saturated heterocycles. The number of pyridine rings is 1. The van der Waals surface area contributed by atoms with E-state index in [1.54, 1.807) is 18.3 Å². The molecule has 1 spiro atoms. The SMILES string of the molecule is O=C(N[C@H]1COC2(CCNCC2)C1)c1ccccn1. The third kappa shape index (κ3) is 2.77. The first-order chi connectivity index (χ1) is 9.27. The Balaban J connectivity index is 1.58. The van der Waals surface area contributed by atoms with E-state index in [4.69, 9.17) is 4.74 Å². The fourth-order valence-electron chi connectivity index (χ4n) is 2.92. The normalized spacial score (nSPS) is 25.4. The van der Waals surface area contributed by atoms with Crippen molar-refractivity contribution in [2.24, 2.45) is 0 Å². The molecule has 0 aromatic carbocycles. The van der Waals surface area contributed by atoms with E-state index < -0.39 is 0 Å². The summed E-state index contributed by atoms with van der Waals surface area (Å²) >= 11 is 0. The van der Waals surface area contributed by atoms with Crippen LogP contribution in [0.4, 0.5) is 0 Å². The summed E-state index contributed by atoms with van der Waals surface area (Å²) in [5.74, 6) is -0.111. The average Bonchev–Trinajstić information content (AvgIpc) is 2.83. The molecule has 19 heavy (non-hydrogen) atoms. The van der Waals surface area contributed by atoms with Gasteiger partial charge >= 0.3 is 0 Å². The van der Waals surface area contributed by atoms with Crippen LogP contribution in [-0.2, 0) is 4.74 Å². The highest BCUT2D eigenvalue weighted by molar-refractivity contribution is 5.92. The highest BCUT2D eigenvalue weighted by Crippen LogP contribution is 2.33. The quantitative estimate of drug-likeness (QED) is 0.823. The van der Waals surface area contributed by atoms with Crippen LogP contribution in [0.2, 0.25) is 0 Å². The molecule has 1 amide bonds. The molecule has 3 rings (SSSR count). The van der Waals surface area contributed by atoms with Gasteiger partial charge in [0.05, 0.1) is 18.2 Å². The fraction of sp³-hybridized carbons (Fsp3) is 0.571. The summed E-state index contributed by atoms with van der Waals surface area (Å²) in [4.78, 5) is 16.1. The van der Waals surface area contributed by atoms with Crippen molar-refractivity contribution in [1.82, 2.24) is 15.6 Å². The molecule has 0 unspecified atom stereocenters. The molecule has 3 heterocycles. The number of nitrogens with zero attached hydrogens (tertiary/aromatic N) is 1. The number of piperidine rings is 1. The maximum atomic E-state index is 12.0. The Morgan fingerprint density at radius 3 is 3.00 bits per heavy atom. The Labute approximate surface area is 112 Å². The standard InChI is InChI=1S/C14H19N3O2/c18-13(12-3-1-2-6-16-12)17-11-9-14(19-10-11)4-7-15-8-5-14/h1-3,6,11,15H,4-5,7-10H2,(H,17,18)/t11-/m1/s1. The van der Waals surface area contributed by atoms with E-state index in [2.05, 4.69) is 15.6 Å². The molecule has 5 nitrogen and oxygen atoms in total. The lowest BCUT2D eigenvalue weighted by Crippen LogP contribution is -2.43. The smallest absolute Gasteiger partial charge is 0.270 e. The van der Waals surface area contributed by atoms with Crippen LogP contribution in [0.15, 0.2) is 24.4 Å². The summed E-state index contributed by atoms with van der Waals surface area (Å²) in [7, 11) is 0. The Hall–Kier alpha value is -1.46. The van der Waals surface area contributed by atoms with Crippen LogP contribution in [0.3, 0.4) is 0 Å². The van der Waals surface area contributed by atoms with E-state index in [9.17, 15) is 4.79 Å². The zero-order valence-electron chi connectivity index (χ0n) is 10.9. The number of amides is 1. The molecule has 1 aromatic heterocycles. The Morgan fingerprint density at radius 1 is 1.42 bits per heavy atom. The second kappa shape index (κ2) is 5.27. The molecule has 0 bridgehead atoms. The van der Waals surface area contributed by atoms with Gasteiger partial charge in [-0.05, 0) is 44.5 Å². The van der Waals surface area contributed by atoms with Crippen molar-refractivity contribution in [2.45, 2.75) is 30.9 Å². The van der Waals surface area contributed by atoms with Crippen molar-refractivity contribution in [2.75, 3.05) is 19.7 Å². The lowest BCUT2D eigenvalue weighted by atomic mass is 9.88. The number of hydrogen-bond acceptors (Lipinski definition) is 4. The summed E-state index contributed by atoms with van der Waals surface area (Å²) in [5.41, 5.74) is 0.446. The highest BCUT2D eigenvalue weighted by atomic mass is 16.5. The predicted octanol–water partition coefficient (Wildman–Crippen LogP) is 0.722. The number of aromatic nitrogens is 1. The fourth-order valence-corrected chi connectivity index (χ4v) is 2.92. The maximum absolute atomic E-state index is 12.0. The van der Waals surface area contributed by atoms with E-state index in [-0.39, 0.29) is 17.6 Å². The van der Waals surface area contributed by atoms with Gasteiger partial charge in [0.15, 0.2) is 0 Å². The summed E-state index contributed by atoms with van der Waals surface area (Å²) in [6, 6.07) is 5.46. The lowest BCUT2D eigenvalue weighted by molar-refractivity contribution is -0.0194. The number of carbonyl (C=O) groups excluding carboxylic acids is 1. The van der Waals surface area contributed by atoms with E-state index >= 15 is 0 Å². The van der Waals surface area contributed by atoms with Gasteiger partial charge in [0.25, 0.3) is 5.91 Å². The zero-order valence-corrected chi connectivity index (χ0v) is 10.9. The number of hydrogen-bond donors (Lipinski definition) is 2. The van der Waals surface area contributed by atoms with Crippen LogP contribution in [0.1, 0.15) is 29.8 Å². The van der Waals surface area contributed by atoms with Crippen LogP contribution < -0.4 is 10.6 Å². The van der Waals surface area contributed by atoms with Crippen LogP contribution in [0.5, 0.6) is 0 Å². The maximum Gasteiger partial charge on any atom is 0.270 e. The van der Waals surface area contributed by atoms with Gasteiger partial charge in [-0.1, -0.05) is 6.07 Å². The molecule has 0 aliphatic carbocycles. The number of ether oxygens (including phenoxy) is 1. The molecule has 0 radical (unpaired) electrons. The Bertz CT molecular complexity index is 443. The van der Waals surface area contributed by atoms with E-state index in [1.165, 1.54) is 0 Å². The van der Waals surface area contributed by atoms with Crippen molar-refractivity contribution in [3.63, 3.8) is 0 Å². The van der Waals surface area contributed by atoms with Gasteiger partial charge in [0.2, 0.25) is 0 Å². The molecular weight excluding hydrogens is 242 g/mol. The van der Waals surface area contributed by atoms with Gasteiger partial charge in [-0.2, -0.15) is 0 Å². The van der Waals surface area contributed by atoms with Crippen molar-refractivity contribution in [3.8, 4) is 0 Å². The third-order valence-corrected chi connectivity index (χ3v) is 3.96. The molecule has 1 atom stereocenters. The van der Waals surface area contributed by atoms with Crippen LogP contribution in [0, 0.1) is 0 Å². The first-order valence-corrected chi connectivity index (χ1v) is 6.84. The molecule has 2 aliphatic rings. The summed E-state index contributed by atoms with van der Waals surface area (Å²) in [6.07, 6.45) is 4.60. The molecule has 2 N–H and O–H groups in total. The van der Waals surface area contributed by atoms with Gasteiger partial charge in [-0.3, -0.25) is 9.78 Å². The van der Waals surface area contributed by atoms with Crippen LogP contribution in [-0.4, -0.2) is 42.2 Å². The molecule has 5 heteroatoms. The van der Waals surface area contributed by atoms with Gasteiger partial charge in [-0.25, -0.2) is 0 Å². The Kier molecular flexibility index (Phi) is 3.48. The van der Waals surface area contributed by atoms with Crippen molar-refractivity contribution >= 4 is 5.91 Å². The Morgan fingerprint density at radius 2 is 2.26 bits per heavy atom. The van der Waals surface area contributed by atoms with E-state index in [0.717, 1.165) is 32.4 Å². The first-order valence-electron chi connectivity index (χ1n) is 6.84. The predicted molar refractivity (Wildman–Crippen MR) is 70.9 cm³/mol. The molecular formula is C14H19N3O2. The van der Waals surface area contributed by atoms with Crippen molar-refractivity contribution in [1.29, 1.82) is 0 Å². The largest absolute Gasteiger partial charge is 0.373 e. The van der Waals surface area contributed by atoms with Crippen LogP contribution in [0.25, 0.3) is 0 Å². The second-order valence-corrected chi connectivity index (χ2v) is 5.33. The summed E-state index contributed by atoms with van der Waals surface area (Å²) in [6.45, 7) is 2.61. The van der Waals surface area contributed by atoms with E-state index in [1.807, 2.05) is 6.07 Å². The number of carbonyl (C=O) groups is 1. The minimum absolute atomic E-state index is 0.0205. The van der Waals surface area contributed by atoms with Gasteiger partial charge in [0, 0.05) is 6.20 Å². The van der Waals surface area contributed by atoms with Crippen molar-refractivity contribution in [3.05, 3.63) is 30.1 Å². The van der Waals surface area contributed by atoms with E-state index in [0.29, 0.717) is 12.3 Å². The molecule has 0 saturated carbocycles. The highest BCUT2D eigenvalue weighted by Gasteiger charge is 2.41. The van der Waals surface area contributed by atoms with Gasteiger partial charge < -0.3 is 15.4 Å². The monoisotopic (exact) mass is 261 g/mol. The number of nitrogens with one attached hydrogen (secondary N) is 2. The minimum atomic E-state index is -0.111. The lowest BCUT2D eigenvalue weighted by Gasteiger charge is -2.32. The van der Waals surface area contributed by atoms with Crippen LogP contribution >= 0.6 is 0 Å². The van der Waals surface area contributed by atoms with Gasteiger partial charge in [-0.15, -0.1) is 0 Å². The molecule has 2 fully saturated rings. The summed E-state index contributed by atoms with van der Waals surface area (Å²) in [5, 5.41) is 6.36. The topological polar surface area (TPSA) is 63.2 Å². The summed E-state index contributed by atoms with van der Waals surface area (Å²) < 4.78 is 5.96. The van der Waals surface area contributed by atoms with Crippen molar-refractivity contribution < 1.29 is 9.53 Å². The number of rotatable bonds is 2. The molecule has 102 valence electrons. The van der Waals surface area contributed by atoms with Gasteiger partial charge in [0.1, 0.15) is 5.69 Å². The second-order valence-electron chi connectivity index (χ2n) is 5.33. The molecule has 2 aliphatic heterocycles. The first kappa shape index (κ1) is 12.6. The average molecular weight is 261 g/mol. The minimum Gasteiger partial charge on any atom is -0.373 e. The molecule has 1 aromatic rings.